The maximum atomic E-state index is 12.1. The van der Waals surface area contributed by atoms with Gasteiger partial charge in [0.15, 0.2) is 0 Å². The van der Waals surface area contributed by atoms with E-state index in [0.29, 0.717) is 12.2 Å². The number of hydrogen-bond donors (Lipinski definition) is 3. The monoisotopic (exact) mass is 397 g/mol. The zero-order valence-corrected chi connectivity index (χ0v) is 17.8. The zero-order chi connectivity index (χ0) is 21.4. The summed E-state index contributed by atoms with van der Waals surface area (Å²) in [6.45, 7) is 10.1. The molecule has 3 N–H and O–H groups in total. The van der Waals surface area contributed by atoms with E-state index in [-0.39, 0.29) is 24.5 Å². The highest BCUT2D eigenvalue weighted by molar-refractivity contribution is 5.95. The first-order valence-electron chi connectivity index (χ1n) is 9.81. The lowest BCUT2D eigenvalue weighted by atomic mass is 9.95. The van der Waals surface area contributed by atoms with Crippen LogP contribution in [0, 0.1) is 5.41 Å². The highest BCUT2D eigenvalue weighted by atomic mass is 16.5. The standard InChI is InChI=1S/C23H31N3O3/c1-16(2)29-20-11-9-17(10-12-20)14-25-21(27)15-24-18-7-6-8-19(13-18)26-22(28)23(3,4)5/h6-13,16,24H,14-15H2,1-5H3,(H,25,27)(H,26,28). The van der Waals surface area contributed by atoms with E-state index >= 15 is 0 Å². The molecule has 29 heavy (non-hydrogen) atoms. The van der Waals surface area contributed by atoms with Crippen LogP contribution in [-0.2, 0) is 16.1 Å². The lowest BCUT2D eigenvalue weighted by Gasteiger charge is -2.18. The molecule has 0 spiro atoms. The molecule has 2 aromatic carbocycles. The van der Waals surface area contributed by atoms with E-state index in [4.69, 9.17) is 4.74 Å². The fourth-order valence-electron chi connectivity index (χ4n) is 2.43. The Morgan fingerprint density at radius 3 is 2.28 bits per heavy atom. The van der Waals surface area contributed by atoms with E-state index in [1.165, 1.54) is 0 Å². The summed E-state index contributed by atoms with van der Waals surface area (Å²) >= 11 is 0. The third kappa shape index (κ3) is 7.86. The van der Waals surface area contributed by atoms with Gasteiger partial charge in [0, 0.05) is 23.3 Å². The molecule has 0 radical (unpaired) electrons. The van der Waals surface area contributed by atoms with Crippen LogP contribution in [0.4, 0.5) is 11.4 Å². The molecule has 0 saturated heterocycles. The molecule has 156 valence electrons. The van der Waals surface area contributed by atoms with Crippen molar-refractivity contribution in [2.45, 2.75) is 47.3 Å². The first kappa shape index (κ1) is 22.3. The Morgan fingerprint density at radius 1 is 1.00 bits per heavy atom. The molecule has 0 heterocycles. The minimum atomic E-state index is -0.470. The Labute approximate surface area is 173 Å². The lowest BCUT2D eigenvalue weighted by Crippen LogP contribution is -2.29. The number of nitrogens with one attached hydrogen (secondary N) is 3. The molecule has 0 aliphatic heterocycles. The van der Waals surface area contributed by atoms with Crippen LogP contribution in [0.15, 0.2) is 48.5 Å². The number of benzene rings is 2. The van der Waals surface area contributed by atoms with Crippen molar-refractivity contribution in [3.8, 4) is 5.75 Å². The topological polar surface area (TPSA) is 79.5 Å². The van der Waals surface area contributed by atoms with E-state index in [2.05, 4.69) is 16.0 Å². The van der Waals surface area contributed by atoms with E-state index in [0.717, 1.165) is 17.0 Å². The van der Waals surface area contributed by atoms with Gasteiger partial charge in [0.25, 0.3) is 0 Å². The maximum absolute atomic E-state index is 12.1. The van der Waals surface area contributed by atoms with Crippen LogP contribution in [-0.4, -0.2) is 24.5 Å². The molecular formula is C23H31N3O3. The summed E-state index contributed by atoms with van der Waals surface area (Å²) < 4.78 is 5.61. The van der Waals surface area contributed by atoms with E-state index in [9.17, 15) is 9.59 Å². The van der Waals surface area contributed by atoms with Gasteiger partial charge in [-0.3, -0.25) is 9.59 Å². The number of carbonyl (C=O) groups excluding carboxylic acids is 2. The number of hydrogen-bond acceptors (Lipinski definition) is 4. The number of anilines is 2. The Hall–Kier alpha value is -3.02. The highest BCUT2D eigenvalue weighted by Crippen LogP contribution is 2.20. The van der Waals surface area contributed by atoms with Crippen molar-refractivity contribution >= 4 is 23.2 Å². The van der Waals surface area contributed by atoms with Gasteiger partial charge in [0.05, 0.1) is 12.6 Å². The van der Waals surface area contributed by atoms with Crippen LogP contribution in [0.2, 0.25) is 0 Å². The molecular weight excluding hydrogens is 366 g/mol. The third-order valence-corrected chi connectivity index (χ3v) is 4.04. The second kappa shape index (κ2) is 9.96. The van der Waals surface area contributed by atoms with E-state index in [1.54, 1.807) is 0 Å². The third-order valence-electron chi connectivity index (χ3n) is 4.04. The molecule has 0 unspecified atom stereocenters. The quantitative estimate of drug-likeness (QED) is 0.624. The van der Waals surface area contributed by atoms with Crippen LogP contribution in [0.25, 0.3) is 0 Å². The molecule has 0 fully saturated rings. The van der Waals surface area contributed by atoms with Crippen LogP contribution in [0.1, 0.15) is 40.2 Å². The highest BCUT2D eigenvalue weighted by Gasteiger charge is 2.21. The van der Waals surface area contributed by atoms with Gasteiger partial charge in [0.2, 0.25) is 11.8 Å². The molecule has 0 saturated carbocycles. The molecule has 0 aliphatic carbocycles. The second-order valence-electron chi connectivity index (χ2n) is 8.23. The number of rotatable bonds is 8. The summed E-state index contributed by atoms with van der Waals surface area (Å²) in [6, 6.07) is 15.0. The van der Waals surface area contributed by atoms with Gasteiger partial charge in [-0.1, -0.05) is 39.0 Å². The Bertz CT molecular complexity index is 824. The van der Waals surface area contributed by atoms with Crippen LogP contribution in [0.5, 0.6) is 5.75 Å². The molecule has 0 bridgehead atoms. The van der Waals surface area contributed by atoms with Crippen molar-refractivity contribution in [2.24, 2.45) is 5.41 Å². The van der Waals surface area contributed by atoms with Crippen molar-refractivity contribution in [3.05, 3.63) is 54.1 Å². The van der Waals surface area contributed by atoms with Gasteiger partial charge in [0.1, 0.15) is 5.75 Å². The molecule has 2 amide bonds. The summed E-state index contributed by atoms with van der Waals surface area (Å²) in [5, 5.41) is 8.85. The van der Waals surface area contributed by atoms with Gasteiger partial charge < -0.3 is 20.7 Å². The zero-order valence-electron chi connectivity index (χ0n) is 17.8. The van der Waals surface area contributed by atoms with Crippen molar-refractivity contribution < 1.29 is 14.3 Å². The van der Waals surface area contributed by atoms with E-state index in [1.807, 2.05) is 83.1 Å². The van der Waals surface area contributed by atoms with Crippen molar-refractivity contribution in [1.29, 1.82) is 0 Å². The molecule has 0 aromatic heterocycles. The van der Waals surface area contributed by atoms with Gasteiger partial charge in [-0.2, -0.15) is 0 Å². The maximum Gasteiger partial charge on any atom is 0.239 e. The van der Waals surface area contributed by atoms with E-state index < -0.39 is 5.41 Å². The van der Waals surface area contributed by atoms with Gasteiger partial charge in [-0.05, 0) is 49.7 Å². The summed E-state index contributed by atoms with van der Waals surface area (Å²) in [5.41, 5.74) is 1.99. The van der Waals surface area contributed by atoms with Crippen LogP contribution >= 0.6 is 0 Å². The molecule has 2 aromatic rings. The second-order valence-corrected chi connectivity index (χ2v) is 8.23. The molecule has 2 rings (SSSR count). The predicted molar refractivity (Wildman–Crippen MR) is 117 cm³/mol. The summed E-state index contributed by atoms with van der Waals surface area (Å²) in [6.07, 6.45) is 0.131. The average molecular weight is 398 g/mol. The fraction of sp³-hybridized carbons (Fsp3) is 0.391. The molecule has 0 aliphatic rings. The Kier molecular flexibility index (Phi) is 7.65. The Balaban J connectivity index is 1.80. The largest absolute Gasteiger partial charge is 0.491 e. The number of amides is 2. The number of carbonyl (C=O) groups is 2. The summed E-state index contributed by atoms with van der Waals surface area (Å²) in [5.74, 6) is 0.643. The SMILES string of the molecule is CC(C)Oc1ccc(CNC(=O)CNc2cccc(NC(=O)C(C)(C)C)c2)cc1. The summed E-state index contributed by atoms with van der Waals surface area (Å²) in [4.78, 5) is 24.2. The van der Waals surface area contributed by atoms with Crippen molar-refractivity contribution in [1.82, 2.24) is 5.32 Å². The molecule has 6 heteroatoms. The van der Waals surface area contributed by atoms with Crippen LogP contribution in [0.3, 0.4) is 0 Å². The van der Waals surface area contributed by atoms with Crippen molar-refractivity contribution in [2.75, 3.05) is 17.2 Å². The normalized spacial score (nSPS) is 11.1. The summed E-state index contributed by atoms with van der Waals surface area (Å²) in [7, 11) is 0. The number of ether oxygens (including phenoxy) is 1. The smallest absolute Gasteiger partial charge is 0.239 e. The predicted octanol–water partition coefficient (Wildman–Crippen LogP) is 4.19. The van der Waals surface area contributed by atoms with Gasteiger partial charge in [-0.25, -0.2) is 0 Å². The van der Waals surface area contributed by atoms with Gasteiger partial charge in [-0.15, -0.1) is 0 Å². The minimum absolute atomic E-state index is 0.0581. The van der Waals surface area contributed by atoms with Crippen molar-refractivity contribution in [3.63, 3.8) is 0 Å². The minimum Gasteiger partial charge on any atom is -0.491 e. The molecule has 6 nitrogen and oxygen atoms in total. The lowest BCUT2D eigenvalue weighted by molar-refractivity contribution is -0.123. The molecule has 0 atom stereocenters. The van der Waals surface area contributed by atoms with Gasteiger partial charge >= 0.3 is 0 Å². The fourth-order valence-corrected chi connectivity index (χ4v) is 2.43. The van der Waals surface area contributed by atoms with Crippen LogP contribution < -0.4 is 20.7 Å². The Morgan fingerprint density at radius 2 is 1.66 bits per heavy atom. The first-order valence-corrected chi connectivity index (χ1v) is 9.81. The average Bonchev–Trinajstić information content (AvgIpc) is 2.65. The first-order chi connectivity index (χ1) is 13.6.